The van der Waals surface area contributed by atoms with Gasteiger partial charge in [-0.15, -0.1) is 0 Å². The van der Waals surface area contributed by atoms with Gasteiger partial charge in [-0.2, -0.15) is 0 Å². The van der Waals surface area contributed by atoms with Crippen molar-refractivity contribution in [3.63, 3.8) is 0 Å². The van der Waals surface area contributed by atoms with Crippen LogP contribution in [0.25, 0.3) is 0 Å². The Morgan fingerprint density at radius 3 is 2.72 bits per heavy atom. The van der Waals surface area contributed by atoms with E-state index in [9.17, 15) is 18.3 Å². The number of carbonyl (C=O) groups excluding carboxylic acids is 1. The minimum absolute atomic E-state index is 0.0224. The molecule has 1 aliphatic heterocycles. The van der Waals surface area contributed by atoms with Gasteiger partial charge in [-0.3, -0.25) is 15.2 Å². The van der Waals surface area contributed by atoms with Crippen LogP contribution >= 0.6 is 11.6 Å². The third-order valence-electron chi connectivity index (χ3n) is 4.00. The monoisotopic (exact) mass is 381 g/mol. The molecule has 0 saturated carbocycles. The molecule has 0 unspecified atom stereocenters. The summed E-state index contributed by atoms with van der Waals surface area (Å²) < 4.78 is 23.1. The molecule has 9 heteroatoms. The molecule has 0 bridgehead atoms. The van der Waals surface area contributed by atoms with Crippen LogP contribution < -0.4 is 15.6 Å². The van der Waals surface area contributed by atoms with Gasteiger partial charge in [0.2, 0.25) is 10.0 Å². The zero-order valence-corrected chi connectivity index (χ0v) is 14.8. The van der Waals surface area contributed by atoms with Gasteiger partial charge in [-0.05, 0) is 55.3 Å². The molecule has 0 spiro atoms. The minimum Gasteiger partial charge on any atom is -0.508 e. The number of phenolic OH excluding ortho intramolecular Hbond substituents is 1. The van der Waals surface area contributed by atoms with E-state index in [2.05, 4.69) is 5.43 Å². The van der Waals surface area contributed by atoms with Gasteiger partial charge >= 0.3 is 0 Å². The highest BCUT2D eigenvalue weighted by molar-refractivity contribution is 7.89. The zero-order valence-electron chi connectivity index (χ0n) is 13.2. The van der Waals surface area contributed by atoms with Gasteiger partial charge in [0, 0.05) is 5.56 Å². The number of sulfonamides is 1. The number of phenols is 1. The molecular formula is C16H16ClN3O4S. The predicted molar refractivity (Wildman–Crippen MR) is 94.0 cm³/mol. The number of nitrogens with one attached hydrogen (secondary N) is 1. The van der Waals surface area contributed by atoms with Crippen molar-refractivity contribution < 1.29 is 18.3 Å². The van der Waals surface area contributed by atoms with Crippen LogP contribution in [-0.4, -0.2) is 25.5 Å². The Kier molecular flexibility index (Phi) is 4.36. The third-order valence-corrected chi connectivity index (χ3v) is 5.39. The first-order valence-electron chi connectivity index (χ1n) is 7.41. The molecule has 1 heterocycles. The number of hydrogen-bond donors (Lipinski definition) is 3. The van der Waals surface area contributed by atoms with Crippen molar-refractivity contribution in [2.45, 2.75) is 24.3 Å². The Balaban J connectivity index is 1.89. The molecule has 25 heavy (non-hydrogen) atoms. The lowest BCUT2D eigenvalue weighted by Gasteiger charge is -2.25. The number of halogens is 1. The summed E-state index contributed by atoms with van der Waals surface area (Å²) in [5, 5.41) is 16.3. The summed E-state index contributed by atoms with van der Waals surface area (Å²) >= 11 is 5.84. The van der Waals surface area contributed by atoms with Gasteiger partial charge in [0.05, 0.1) is 16.8 Å². The Bertz CT molecular complexity index is 962. The van der Waals surface area contributed by atoms with Crippen molar-refractivity contribution in [3.05, 3.63) is 52.5 Å². The number of fused-ring (bicyclic) bond motifs is 1. The fraction of sp³-hybridized carbons (Fsp3) is 0.188. The van der Waals surface area contributed by atoms with Gasteiger partial charge in [-0.25, -0.2) is 13.6 Å². The van der Waals surface area contributed by atoms with Gasteiger partial charge in [-0.1, -0.05) is 11.6 Å². The average molecular weight is 382 g/mol. The smallest absolute Gasteiger partial charge is 0.269 e. The predicted octanol–water partition coefficient (Wildman–Crippen LogP) is 1.79. The number of anilines is 1. The first kappa shape index (κ1) is 17.5. The molecule has 0 aliphatic carbocycles. The van der Waals surface area contributed by atoms with Crippen LogP contribution in [0.5, 0.6) is 5.75 Å². The lowest BCUT2D eigenvalue weighted by molar-refractivity contribution is 0.0946. The fourth-order valence-corrected chi connectivity index (χ4v) is 3.90. The van der Waals surface area contributed by atoms with Crippen LogP contribution in [-0.2, 0) is 16.4 Å². The first-order valence-corrected chi connectivity index (χ1v) is 9.33. The molecule has 2 aromatic carbocycles. The summed E-state index contributed by atoms with van der Waals surface area (Å²) in [6, 6.07) is 8.76. The molecule has 2 aromatic rings. The highest BCUT2D eigenvalue weighted by Crippen LogP contribution is 2.33. The highest BCUT2D eigenvalue weighted by atomic mass is 35.5. The van der Waals surface area contributed by atoms with Crippen molar-refractivity contribution in [3.8, 4) is 5.75 Å². The summed E-state index contributed by atoms with van der Waals surface area (Å²) in [6.07, 6.45) is 0.660. The van der Waals surface area contributed by atoms with E-state index < -0.39 is 15.9 Å². The molecule has 0 radical (unpaired) electrons. The van der Waals surface area contributed by atoms with Crippen molar-refractivity contribution in [1.82, 2.24) is 5.43 Å². The molecule has 132 valence electrons. The van der Waals surface area contributed by atoms with E-state index in [1.165, 1.54) is 18.2 Å². The molecule has 1 amide bonds. The van der Waals surface area contributed by atoms with Crippen LogP contribution in [0.2, 0.25) is 5.02 Å². The standard InChI is InChI=1S/C16H16ClN3O4S/c1-9-6-11-7-12(21)3-5-14(11)20(9)19-16(22)10-2-4-13(17)15(8-10)25(18,23)24/h2-5,7-9,21H,6H2,1H3,(H,19,22)(H2,18,23,24)/t9-/m1/s1. The lowest BCUT2D eigenvalue weighted by atomic mass is 10.1. The second-order valence-corrected chi connectivity index (χ2v) is 7.80. The van der Waals surface area contributed by atoms with Gasteiger partial charge in [0.1, 0.15) is 10.6 Å². The van der Waals surface area contributed by atoms with E-state index in [0.717, 1.165) is 17.3 Å². The van der Waals surface area contributed by atoms with Gasteiger partial charge in [0.15, 0.2) is 0 Å². The van der Waals surface area contributed by atoms with Crippen molar-refractivity contribution in [2.75, 3.05) is 5.01 Å². The first-order chi connectivity index (χ1) is 11.7. The van der Waals surface area contributed by atoms with E-state index in [-0.39, 0.29) is 27.3 Å². The van der Waals surface area contributed by atoms with Crippen molar-refractivity contribution in [2.24, 2.45) is 5.14 Å². The summed E-state index contributed by atoms with van der Waals surface area (Å²) in [6.45, 7) is 1.93. The second kappa shape index (κ2) is 6.21. The molecule has 4 N–H and O–H groups in total. The molecular weight excluding hydrogens is 366 g/mol. The van der Waals surface area contributed by atoms with E-state index >= 15 is 0 Å². The maximum absolute atomic E-state index is 12.5. The van der Waals surface area contributed by atoms with Crippen LogP contribution in [0.15, 0.2) is 41.3 Å². The number of hydrogen-bond acceptors (Lipinski definition) is 5. The van der Waals surface area contributed by atoms with E-state index in [4.69, 9.17) is 16.7 Å². The Labute approximate surface area is 150 Å². The molecule has 0 saturated heterocycles. The average Bonchev–Trinajstić information content (AvgIpc) is 2.81. The quantitative estimate of drug-likeness (QED) is 0.750. The number of rotatable bonds is 3. The highest BCUT2D eigenvalue weighted by Gasteiger charge is 2.28. The van der Waals surface area contributed by atoms with Crippen LogP contribution in [0.3, 0.4) is 0 Å². The van der Waals surface area contributed by atoms with Gasteiger partial charge < -0.3 is 5.11 Å². The zero-order chi connectivity index (χ0) is 18.4. The topological polar surface area (TPSA) is 113 Å². The summed E-state index contributed by atoms with van der Waals surface area (Å²) in [5.41, 5.74) is 4.56. The molecule has 0 fully saturated rings. The minimum atomic E-state index is -4.03. The van der Waals surface area contributed by atoms with E-state index in [1.54, 1.807) is 17.1 Å². The van der Waals surface area contributed by atoms with Crippen molar-refractivity contribution >= 4 is 33.2 Å². The van der Waals surface area contributed by atoms with Crippen LogP contribution in [0.1, 0.15) is 22.8 Å². The number of primary sulfonamides is 1. The summed E-state index contributed by atoms with van der Waals surface area (Å²) in [7, 11) is -4.03. The lowest BCUT2D eigenvalue weighted by Crippen LogP contribution is -2.45. The molecule has 0 aromatic heterocycles. The number of benzene rings is 2. The van der Waals surface area contributed by atoms with Crippen molar-refractivity contribution in [1.29, 1.82) is 0 Å². The summed E-state index contributed by atoms with van der Waals surface area (Å²) in [5.74, 6) is -0.330. The number of amides is 1. The third kappa shape index (κ3) is 3.41. The van der Waals surface area contributed by atoms with E-state index in [1.807, 2.05) is 6.92 Å². The number of carbonyl (C=O) groups is 1. The molecule has 1 atom stereocenters. The number of nitrogens with zero attached hydrogens (tertiary/aromatic N) is 1. The van der Waals surface area contributed by atoms with E-state index in [0.29, 0.717) is 6.42 Å². The SMILES string of the molecule is C[C@@H]1Cc2cc(O)ccc2N1NC(=O)c1ccc(Cl)c(S(N)(=O)=O)c1. The molecule has 1 aliphatic rings. The largest absolute Gasteiger partial charge is 0.508 e. The summed E-state index contributed by atoms with van der Waals surface area (Å²) in [4.78, 5) is 12.2. The normalized spacial score (nSPS) is 16.6. The number of nitrogens with two attached hydrogens (primary N) is 1. The maximum atomic E-state index is 12.5. The number of aromatic hydroxyl groups is 1. The molecule has 3 rings (SSSR count). The Morgan fingerprint density at radius 1 is 1.32 bits per heavy atom. The number of hydrazine groups is 1. The second-order valence-electron chi connectivity index (χ2n) is 5.87. The van der Waals surface area contributed by atoms with Crippen LogP contribution in [0.4, 0.5) is 5.69 Å². The molecule has 7 nitrogen and oxygen atoms in total. The fourth-order valence-electron chi connectivity index (χ4n) is 2.82. The van der Waals surface area contributed by atoms with Gasteiger partial charge in [0.25, 0.3) is 5.91 Å². The Morgan fingerprint density at radius 2 is 2.04 bits per heavy atom. The van der Waals surface area contributed by atoms with Crippen LogP contribution in [0, 0.1) is 0 Å². The Hall–Kier alpha value is -2.29. The maximum Gasteiger partial charge on any atom is 0.269 e.